The van der Waals surface area contributed by atoms with Crippen LogP contribution in [0.2, 0.25) is 0 Å². The van der Waals surface area contributed by atoms with Gasteiger partial charge in [-0.2, -0.15) is 0 Å². The van der Waals surface area contributed by atoms with Crippen LogP contribution in [0.15, 0.2) is 24.3 Å². The lowest BCUT2D eigenvalue weighted by Crippen LogP contribution is -2.12. The van der Waals surface area contributed by atoms with Crippen molar-refractivity contribution in [2.45, 2.75) is 12.7 Å². The van der Waals surface area contributed by atoms with Crippen molar-refractivity contribution in [3.8, 4) is 0 Å². The lowest BCUT2D eigenvalue weighted by Gasteiger charge is -2.06. The molecule has 0 aliphatic rings. The number of hydrogen-bond acceptors (Lipinski definition) is 5. The highest BCUT2D eigenvalue weighted by atomic mass is 16.6. The van der Waals surface area contributed by atoms with Gasteiger partial charge >= 0.3 is 0 Å². The molecule has 0 radical (unpaired) electrons. The van der Waals surface area contributed by atoms with Crippen molar-refractivity contribution >= 4 is 11.4 Å². The number of nitrogens with one attached hydrogen (secondary N) is 1. The highest BCUT2D eigenvalue weighted by Crippen LogP contribution is 2.15. The molecule has 82 valence electrons. The summed E-state index contributed by atoms with van der Waals surface area (Å²) in [5.74, 6) is 0. The van der Waals surface area contributed by atoms with Gasteiger partial charge in [-0.25, -0.2) is 0 Å². The first-order valence-corrected chi connectivity index (χ1v) is 4.44. The number of anilines is 1. The molecule has 0 aliphatic heterocycles. The Morgan fingerprint density at radius 3 is 2.40 bits per heavy atom. The van der Waals surface area contributed by atoms with Gasteiger partial charge in [-0.3, -0.25) is 10.1 Å². The number of nitro benzene ring substituents is 1. The van der Waals surface area contributed by atoms with E-state index in [0.29, 0.717) is 12.2 Å². The molecule has 0 aromatic heterocycles. The first-order chi connectivity index (χ1) is 7.09. The predicted octanol–water partition coefficient (Wildman–Crippen LogP) is 0.707. The number of aliphatic hydroxyl groups is 2. The highest BCUT2D eigenvalue weighted by Gasteiger charge is 2.03. The number of hydrogen-bond donors (Lipinski definition) is 3. The molecular formula is C9H12N2O4. The third-order valence-corrected chi connectivity index (χ3v) is 1.81. The van der Waals surface area contributed by atoms with E-state index in [1.165, 1.54) is 12.1 Å². The number of nitrogens with zero attached hydrogens (tertiary/aromatic N) is 1. The Bertz CT molecular complexity index is 323. The van der Waals surface area contributed by atoms with Crippen molar-refractivity contribution in [3.05, 3.63) is 34.4 Å². The minimum atomic E-state index is -1.34. The molecule has 3 N–H and O–H groups in total. The van der Waals surface area contributed by atoms with Gasteiger partial charge in [0.1, 0.15) is 0 Å². The zero-order valence-corrected chi connectivity index (χ0v) is 7.96. The van der Waals surface area contributed by atoms with Crippen molar-refractivity contribution in [2.24, 2.45) is 0 Å². The van der Waals surface area contributed by atoms with Gasteiger partial charge in [-0.1, -0.05) is 0 Å². The summed E-state index contributed by atoms with van der Waals surface area (Å²) in [6.07, 6.45) is -1.13. The summed E-state index contributed by atoms with van der Waals surface area (Å²) in [5, 5.41) is 30.4. The van der Waals surface area contributed by atoms with Crippen LogP contribution in [0, 0.1) is 10.1 Å². The van der Waals surface area contributed by atoms with Crippen LogP contribution >= 0.6 is 0 Å². The van der Waals surface area contributed by atoms with E-state index in [1.54, 1.807) is 12.1 Å². The Hall–Kier alpha value is -1.66. The van der Waals surface area contributed by atoms with Gasteiger partial charge in [0.15, 0.2) is 6.29 Å². The maximum absolute atomic E-state index is 10.3. The fraction of sp³-hybridized carbons (Fsp3) is 0.333. The van der Waals surface area contributed by atoms with E-state index in [-0.39, 0.29) is 12.1 Å². The fourth-order valence-corrected chi connectivity index (χ4v) is 1.05. The zero-order chi connectivity index (χ0) is 11.3. The summed E-state index contributed by atoms with van der Waals surface area (Å²) >= 11 is 0. The van der Waals surface area contributed by atoms with E-state index in [9.17, 15) is 10.1 Å². The van der Waals surface area contributed by atoms with Gasteiger partial charge in [0.05, 0.1) is 4.92 Å². The topological polar surface area (TPSA) is 95.6 Å². The first-order valence-electron chi connectivity index (χ1n) is 4.44. The minimum absolute atomic E-state index is 0.0303. The van der Waals surface area contributed by atoms with Crippen LogP contribution in [0.4, 0.5) is 11.4 Å². The summed E-state index contributed by atoms with van der Waals surface area (Å²) in [6, 6.07) is 5.92. The van der Waals surface area contributed by atoms with Gasteiger partial charge in [0, 0.05) is 30.8 Å². The maximum atomic E-state index is 10.3. The second kappa shape index (κ2) is 5.28. The molecule has 0 aliphatic carbocycles. The van der Waals surface area contributed by atoms with E-state index < -0.39 is 11.2 Å². The molecule has 6 nitrogen and oxygen atoms in total. The van der Waals surface area contributed by atoms with Crippen molar-refractivity contribution in [1.82, 2.24) is 0 Å². The Morgan fingerprint density at radius 2 is 1.93 bits per heavy atom. The molecule has 0 heterocycles. The molecule has 0 unspecified atom stereocenters. The van der Waals surface area contributed by atoms with Crippen LogP contribution in [0.5, 0.6) is 0 Å². The van der Waals surface area contributed by atoms with Gasteiger partial charge < -0.3 is 15.5 Å². The van der Waals surface area contributed by atoms with Gasteiger partial charge in [-0.05, 0) is 12.1 Å². The number of non-ortho nitro benzene ring substituents is 1. The lowest BCUT2D eigenvalue weighted by atomic mass is 10.3. The van der Waals surface area contributed by atoms with E-state index in [1.807, 2.05) is 0 Å². The molecule has 0 fully saturated rings. The smallest absolute Gasteiger partial charge is 0.269 e. The molecule has 0 bridgehead atoms. The lowest BCUT2D eigenvalue weighted by molar-refractivity contribution is -0.384. The highest BCUT2D eigenvalue weighted by molar-refractivity contribution is 5.48. The molecule has 15 heavy (non-hydrogen) atoms. The molecule has 0 atom stereocenters. The minimum Gasteiger partial charge on any atom is -0.385 e. The van der Waals surface area contributed by atoms with Crippen LogP contribution in [-0.2, 0) is 0 Å². The third-order valence-electron chi connectivity index (χ3n) is 1.81. The predicted molar refractivity (Wildman–Crippen MR) is 54.4 cm³/mol. The number of nitro groups is 1. The van der Waals surface area contributed by atoms with Crippen molar-refractivity contribution in [1.29, 1.82) is 0 Å². The van der Waals surface area contributed by atoms with Crippen molar-refractivity contribution in [3.63, 3.8) is 0 Å². The quantitative estimate of drug-likeness (QED) is 0.379. The Labute approximate surface area is 86.3 Å². The summed E-state index contributed by atoms with van der Waals surface area (Å²) < 4.78 is 0. The number of benzene rings is 1. The van der Waals surface area contributed by atoms with E-state index in [2.05, 4.69) is 5.32 Å². The average molecular weight is 212 g/mol. The zero-order valence-electron chi connectivity index (χ0n) is 7.96. The van der Waals surface area contributed by atoms with Crippen LogP contribution in [0.1, 0.15) is 6.42 Å². The first kappa shape index (κ1) is 11.4. The SMILES string of the molecule is O=[N+]([O-])c1ccc(NCCC(O)O)cc1. The molecular weight excluding hydrogens is 200 g/mol. The van der Waals surface area contributed by atoms with Crippen LogP contribution in [0.3, 0.4) is 0 Å². The van der Waals surface area contributed by atoms with Crippen LogP contribution in [0.25, 0.3) is 0 Å². The normalized spacial score (nSPS) is 10.3. The summed E-state index contributed by atoms with van der Waals surface area (Å²) in [5.41, 5.74) is 0.740. The van der Waals surface area contributed by atoms with Gasteiger partial charge in [0.2, 0.25) is 0 Å². The molecule has 6 heteroatoms. The van der Waals surface area contributed by atoms with Gasteiger partial charge in [0.25, 0.3) is 5.69 Å². The molecule has 0 saturated carbocycles. The van der Waals surface area contributed by atoms with Crippen LogP contribution in [-0.4, -0.2) is 28.0 Å². The molecule has 1 aromatic rings. The summed E-state index contributed by atoms with van der Waals surface area (Å²) in [4.78, 5) is 9.86. The second-order valence-corrected chi connectivity index (χ2v) is 3.00. The molecule has 0 amide bonds. The Kier molecular flexibility index (Phi) is 4.02. The van der Waals surface area contributed by atoms with E-state index in [4.69, 9.17) is 10.2 Å². The maximum Gasteiger partial charge on any atom is 0.269 e. The third kappa shape index (κ3) is 3.92. The summed E-state index contributed by atoms with van der Waals surface area (Å²) in [7, 11) is 0. The largest absolute Gasteiger partial charge is 0.385 e. The van der Waals surface area contributed by atoms with E-state index in [0.717, 1.165) is 0 Å². The number of aliphatic hydroxyl groups excluding tert-OH is 1. The number of rotatable bonds is 5. The standard InChI is InChI=1S/C9H12N2O4/c12-9(13)5-6-10-7-1-3-8(4-2-7)11(14)15/h1-4,9-10,12-13H,5-6H2. The average Bonchev–Trinajstić information content (AvgIpc) is 2.18. The monoisotopic (exact) mass is 212 g/mol. The molecule has 0 spiro atoms. The van der Waals surface area contributed by atoms with E-state index >= 15 is 0 Å². The molecule has 1 aromatic carbocycles. The van der Waals surface area contributed by atoms with Gasteiger partial charge in [-0.15, -0.1) is 0 Å². The second-order valence-electron chi connectivity index (χ2n) is 3.00. The Morgan fingerprint density at radius 1 is 1.33 bits per heavy atom. The van der Waals surface area contributed by atoms with Crippen molar-refractivity contribution in [2.75, 3.05) is 11.9 Å². The molecule has 1 rings (SSSR count). The van der Waals surface area contributed by atoms with Crippen LogP contribution < -0.4 is 5.32 Å². The molecule has 0 saturated heterocycles. The summed E-state index contributed by atoms with van der Waals surface area (Å²) in [6.45, 7) is 0.398. The Balaban J connectivity index is 2.46. The fourth-order valence-electron chi connectivity index (χ4n) is 1.05. The van der Waals surface area contributed by atoms with Crippen molar-refractivity contribution < 1.29 is 15.1 Å².